The van der Waals surface area contributed by atoms with Crippen LogP contribution in [0.5, 0.6) is 11.5 Å². The quantitative estimate of drug-likeness (QED) is 0.249. The van der Waals surface area contributed by atoms with E-state index in [4.69, 9.17) is 8.85 Å². The van der Waals surface area contributed by atoms with Crippen LogP contribution in [-0.2, 0) is 0 Å². The highest BCUT2D eigenvalue weighted by molar-refractivity contribution is 6.45. The Morgan fingerprint density at radius 3 is 1.00 bits per heavy atom. The van der Waals surface area contributed by atoms with Crippen molar-refractivity contribution in [2.75, 3.05) is 0 Å². The molecule has 0 saturated carbocycles. The van der Waals surface area contributed by atoms with Crippen molar-refractivity contribution in [3.63, 3.8) is 0 Å². The molecular formula is C24H16O2Si2. The molecule has 0 unspecified atom stereocenters. The maximum atomic E-state index is 6.02. The second-order valence-corrected chi connectivity index (χ2v) is 8.45. The Hall–Kier alpha value is -3.09. The first kappa shape index (κ1) is 14.9. The van der Waals surface area contributed by atoms with Crippen molar-refractivity contribution in [2.45, 2.75) is 0 Å². The van der Waals surface area contributed by atoms with Crippen LogP contribution in [0.1, 0.15) is 0 Å². The summed E-state index contributed by atoms with van der Waals surface area (Å²) in [6, 6.07) is 22.4. The molecule has 7 aromatic rings. The van der Waals surface area contributed by atoms with Gasteiger partial charge in [-0.15, -0.1) is 0 Å². The molecular weight excluding hydrogens is 376 g/mol. The maximum Gasteiger partial charge on any atom is 0.204 e. The second-order valence-electron chi connectivity index (χ2n) is 7.63. The molecule has 0 spiro atoms. The highest BCUT2D eigenvalue weighted by Gasteiger charge is 2.24. The highest BCUT2D eigenvalue weighted by Crippen LogP contribution is 2.53. The molecule has 0 amide bonds. The van der Waals surface area contributed by atoms with Crippen LogP contribution in [-0.4, -0.2) is 21.0 Å². The summed E-state index contributed by atoms with van der Waals surface area (Å²) in [7, 11) is 1.27. The molecule has 0 aliphatic carbocycles. The Bertz CT molecular complexity index is 1550. The lowest BCUT2D eigenvalue weighted by atomic mass is 9.82. The molecule has 0 atom stereocenters. The summed E-state index contributed by atoms with van der Waals surface area (Å²) in [4.78, 5) is 0. The van der Waals surface area contributed by atoms with E-state index < -0.39 is 0 Å². The van der Waals surface area contributed by atoms with E-state index in [9.17, 15) is 0 Å². The lowest BCUT2D eigenvalue weighted by Crippen LogP contribution is -1.99. The van der Waals surface area contributed by atoms with Crippen LogP contribution < -0.4 is 8.85 Å². The Labute approximate surface area is 166 Å². The SMILES string of the molecule is [SiH3]Oc1c(O[SiH3])c2ccc3ccc4ccc5ccc6ccc1c1c6c5c4c3c21. The molecule has 0 radical (unpaired) electrons. The summed E-state index contributed by atoms with van der Waals surface area (Å²) in [6.45, 7) is 0. The number of rotatable bonds is 2. The zero-order valence-corrected chi connectivity index (χ0v) is 19.6. The van der Waals surface area contributed by atoms with Crippen LogP contribution in [0.3, 0.4) is 0 Å². The van der Waals surface area contributed by atoms with E-state index in [2.05, 4.69) is 60.7 Å². The molecule has 0 fully saturated rings. The molecule has 132 valence electrons. The Balaban J connectivity index is 2.02. The Kier molecular flexibility index (Phi) is 2.58. The summed E-state index contributed by atoms with van der Waals surface area (Å²) >= 11 is 0. The summed E-state index contributed by atoms with van der Waals surface area (Å²) in [5.74, 6) is 1.82. The molecule has 0 saturated heterocycles. The molecule has 4 heteroatoms. The van der Waals surface area contributed by atoms with Gasteiger partial charge in [0.25, 0.3) is 0 Å². The zero-order valence-electron chi connectivity index (χ0n) is 15.6. The lowest BCUT2D eigenvalue weighted by molar-refractivity contribution is 0.552. The van der Waals surface area contributed by atoms with Crippen molar-refractivity contribution in [2.24, 2.45) is 0 Å². The summed E-state index contributed by atoms with van der Waals surface area (Å²) in [5, 5.41) is 15.7. The number of hydrogen-bond acceptors (Lipinski definition) is 2. The molecule has 0 aliphatic heterocycles. The van der Waals surface area contributed by atoms with Crippen LogP contribution in [0.25, 0.3) is 64.6 Å². The smallest absolute Gasteiger partial charge is 0.204 e. The van der Waals surface area contributed by atoms with Crippen molar-refractivity contribution < 1.29 is 8.85 Å². The second kappa shape index (κ2) is 4.84. The minimum atomic E-state index is 0.634. The van der Waals surface area contributed by atoms with Crippen molar-refractivity contribution in [1.29, 1.82) is 0 Å². The van der Waals surface area contributed by atoms with Crippen molar-refractivity contribution in [1.82, 2.24) is 0 Å². The first-order valence-corrected chi connectivity index (χ1v) is 11.2. The third-order valence-electron chi connectivity index (χ3n) is 6.48. The average molecular weight is 393 g/mol. The van der Waals surface area contributed by atoms with E-state index in [0.717, 1.165) is 11.5 Å². The molecule has 0 N–H and O–H groups in total. The maximum absolute atomic E-state index is 6.02. The van der Waals surface area contributed by atoms with E-state index in [-0.39, 0.29) is 0 Å². The van der Waals surface area contributed by atoms with Crippen molar-refractivity contribution in [3.05, 3.63) is 60.7 Å². The van der Waals surface area contributed by atoms with E-state index in [1.54, 1.807) is 0 Å². The standard InChI is InChI=1S/C24H16O2Si2/c27-25-23-15-9-7-13-5-3-11-1-2-12-4-6-14-8-10-16(24(23)26-28)22-20(14)18(12)17(11)19(13)21(15)22/h1-10H,27-28H3. The van der Waals surface area contributed by atoms with Gasteiger partial charge in [0.15, 0.2) is 11.5 Å². The Morgan fingerprint density at radius 1 is 0.393 bits per heavy atom. The molecule has 0 aromatic heterocycles. The predicted molar refractivity (Wildman–Crippen MR) is 126 cm³/mol. The zero-order chi connectivity index (χ0) is 18.6. The highest BCUT2D eigenvalue weighted by atomic mass is 28.2. The van der Waals surface area contributed by atoms with E-state index in [1.807, 2.05) is 0 Å². The largest absolute Gasteiger partial charge is 0.550 e. The third-order valence-corrected chi connectivity index (χ3v) is 7.30. The molecule has 0 bridgehead atoms. The van der Waals surface area contributed by atoms with Crippen LogP contribution in [0.2, 0.25) is 0 Å². The van der Waals surface area contributed by atoms with Crippen LogP contribution in [0, 0.1) is 0 Å². The van der Waals surface area contributed by atoms with Crippen molar-refractivity contribution >= 4 is 85.6 Å². The lowest BCUT2D eigenvalue weighted by Gasteiger charge is -2.23. The number of benzene rings is 7. The molecule has 0 heterocycles. The first-order chi connectivity index (χ1) is 13.8. The average Bonchev–Trinajstić information content (AvgIpc) is 2.76. The van der Waals surface area contributed by atoms with Gasteiger partial charge in [0.05, 0.1) is 0 Å². The van der Waals surface area contributed by atoms with Crippen LogP contribution in [0.15, 0.2) is 60.7 Å². The molecule has 7 aromatic carbocycles. The van der Waals surface area contributed by atoms with Gasteiger partial charge in [-0.1, -0.05) is 48.5 Å². The van der Waals surface area contributed by atoms with Gasteiger partial charge in [0.2, 0.25) is 21.0 Å². The van der Waals surface area contributed by atoms with Gasteiger partial charge in [-0.05, 0) is 55.2 Å². The summed E-state index contributed by atoms with van der Waals surface area (Å²) < 4.78 is 12.0. The van der Waals surface area contributed by atoms with Crippen molar-refractivity contribution in [3.8, 4) is 11.5 Å². The van der Waals surface area contributed by atoms with Crippen LogP contribution >= 0.6 is 0 Å². The minimum absolute atomic E-state index is 0.634. The number of hydrogen-bond donors (Lipinski definition) is 0. The monoisotopic (exact) mass is 392 g/mol. The van der Waals surface area contributed by atoms with E-state index in [1.165, 1.54) is 64.6 Å². The Morgan fingerprint density at radius 2 is 0.679 bits per heavy atom. The fourth-order valence-corrected chi connectivity index (χ4v) is 6.22. The van der Waals surface area contributed by atoms with Gasteiger partial charge in [0.1, 0.15) is 0 Å². The topological polar surface area (TPSA) is 18.5 Å². The van der Waals surface area contributed by atoms with Gasteiger partial charge < -0.3 is 8.85 Å². The van der Waals surface area contributed by atoms with E-state index in [0.29, 0.717) is 21.0 Å². The van der Waals surface area contributed by atoms with Gasteiger partial charge in [-0.2, -0.15) is 0 Å². The van der Waals surface area contributed by atoms with Gasteiger partial charge in [-0.25, -0.2) is 0 Å². The molecule has 28 heavy (non-hydrogen) atoms. The fourth-order valence-electron chi connectivity index (χ4n) is 5.41. The van der Waals surface area contributed by atoms with Gasteiger partial charge in [0, 0.05) is 21.5 Å². The molecule has 2 nitrogen and oxygen atoms in total. The first-order valence-electron chi connectivity index (χ1n) is 9.53. The summed E-state index contributed by atoms with van der Waals surface area (Å²) in [5.41, 5.74) is 0. The predicted octanol–water partition coefficient (Wildman–Crippen LogP) is 4.24. The summed E-state index contributed by atoms with van der Waals surface area (Å²) in [6.07, 6.45) is 0. The molecule has 0 aliphatic rings. The third kappa shape index (κ3) is 1.49. The van der Waals surface area contributed by atoms with Gasteiger partial charge >= 0.3 is 0 Å². The minimum Gasteiger partial charge on any atom is -0.550 e. The molecule has 7 rings (SSSR count). The fraction of sp³-hybridized carbons (Fsp3) is 0. The van der Waals surface area contributed by atoms with Gasteiger partial charge in [-0.3, -0.25) is 0 Å². The van der Waals surface area contributed by atoms with E-state index >= 15 is 0 Å². The van der Waals surface area contributed by atoms with Crippen LogP contribution in [0.4, 0.5) is 0 Å². The normalized spacial score (nSPS) is 12.9.